The number of β-amino-alcohol motifs (C(OH)–C–C–N with tert-alkyl or cyclic N) is 1. The van der Waals surface area contributed by atoms with Crippen LogP contribution in [0.5, 0.6) is 0 Å². The zero-order valence-corrected chi connectivity index (χ0v) is 20.6. The molecule has 2 atom stereocenters. The van der Waals surface area contributed by atoms with Crippen molar-refractivity contribution >= 4 is 21.6 Å². The van der Waals surface area contributed by atoms with E-state index in [0.717, 1.165) is 31.6 Å². The van der Waals surface area contributed by atoms with Gasteiger partial charge in [0, 0.05) is 56.6 Å². The van der Waals surface area contributed by atoms with Gasteiger partial charge in [0.05, 0.1) is 12.4 Å². The molecule has 2 aliphatic rings. The second kappa shape index (κ2) is 11.3. The van der Waals surface area contributed by atoms with Crippen molar-refractivity contribution in [2.75, 3.05) is 50.8 Å². The number of sulfonamides is 1. The number of allylic oxidation sites excluding steroid dienone is 2. The maximum absolute atomic E-state index is 12.6. The summed E-state index contributed by atoms with van der Waals surface area (Å²) < 4.78 is 24.9. The van der Waals surface area contributed by atoms with Crippen molar-refractivity contribution in [2.24, 2.45) is 0 Å². The van der Waals surface area contributed by atoms with E-state index in [1.807, 2.05) is 13.0 Å². The van der Waals surface area contributed by atoms with E-state index in [1.54, 1.807) is 18.2 Å². The molecule has 0 saturated carbocycles. The van der Waals surface area contributed by atoms with E-state index in [4.69, 9.17) is 0 Å². The summed E-state index contributed by atoms with van der Waals surface area (Å²) >= 11 is 0. The minimum Gasteiger partial charge on any atom is -0.390 e. The molecule has 182 valence electrons. The average molecular weight is 477 g/mol. The molecular weight excluding hydrogens is 440 g/mol. The van der Waals surface area contributed by atoms with Crippen molar-refractivity contribution in [1.82, 2.24) is 14.5 Å². The zero-order valence-electron chi connectivity index (χ0n) is 19.8. The van der Waals surface area contributed by atoms with Gasteiger partial charge in [-0.3, -0.25) is 9.69 Å². The number of aliphatic hydroxyl groups is 1. The van der Waals surface area contributed by atoms with Crippen molar-refractivity contribution in [3.63, 3.8) is 0 Å². The molecule has 1 saturated heterocycles. The molecule has 33 heavy (non-hydrogen) atoms. The lowest BCUT2D eigenvalue weighted by Gasteiger charge is -2.30. The minimum atomic E-state index is -3.19. The molecule has 1 aromatic carbocycles. The van der Waals surface area contributed by atoms with Crippen LogP contribution in [-0.4, -0.2) is 86.3 Å². The van der Waals surface area contributed by atoms with Crippen molar-refractivity contribution in [3.8, 4) is 0 Å². The number of nitrogens with zero attached hydrogens (tertiary/aromatic N) is 2. The van der Waals surface area contributed by atoms with Crippen LogP contribution in [0.25, 0.3) is 0 Å². The van der Waals surface area contributed by atoms with Gasteiger partial charge in [0.15, 0.2) is 0 Å². The lowest BCUT2D eigenvalue weighted by Crippen LogP contribution is -2.42. The number of aliphatic hydroxyl groups excluding tert-OH is 1. The van der Waals surface area contributed by atoms with Crippen molar-refractivity contribution in [2.45, 2.75) is 38.8 Å². The predicted molar refractivity (Wildman–Crippen MR) is 132 cm³/mol. The maximum atomic E-state index is 12.6. The molecule has 2 unspecified atom stereocenters. The minimum absolute atomic E-state index is 0.00948. The van der Waals surface area contributed by atoms with Crippen LogP contribution >= 0.6 is 0 Å². The van der Waals surface area contributed by atoms with Crippen LogP contribution in [0.4, 0.5) is 5.69 Å². The first kappa shape index (κ1) is 25.4. The van der Waals surface area contributed by atoms with Gasteiger partial charge in [-0.2, -0.15) is 0 Å². The molecular formula is C24H36N4O4S. The molecule has 2 aliphatic heterocycles. The fourth-order valence-electron chi connectivity index (χ4n) is 4.40. The highest BCUT2D eigenvalue weighted by Crippen LogP contribution is 2.20. The van der Waals surface area contributed by atoms with Gasteiger partial charge in [0.1, 0.15) is 0 Å². The number of rotatable bonds is 9. The molecule has 0 spiro atoms. The second-order valence-corrected chi connectivity index (χ2v) is 11.0. The third-order valence-corrected chi connectivity index (χ3v) is 7.43. The van der Waals surface area contributed by atoms with Gasteiger partial charge >= 0.3 is 0 Å². The van der Waals surface area contributed by atoms with Gasteiger partial charge in [0.2, 0.25) is 10.0 Å². The van der Waals surface area contributed by atoms with Gasteiger partial charge in [-0.1, -0.05) is 23.8 Å². The summed E-state index contributed by atoms with van der Waals surface area (Å²) in [6.07, 6.45) is 6.47. The van der Waals surface area contributed by atoms with Crippen LogP contribution in [0.3, 0.4) is 0 Å². The van der Waals surface area contributed by atoms with Gasteiger partial charge in [0.25, 0.3) is 5.91 Å². The summed E-state index contributed by atoms with van der Waals surface area (Å²) in [5.41, 5.74) is 3.96. The Bertz CT molecular complexity index is 1010. The Morgan fingerprint density at radius 2 is 2.12 bits per heavy atom. The summed E-state index contributed by atoms with van der Waals surface area (Å²) in [7, 11) is -3.19. The summed E-state index contributed by atoms with van der Waals surface area (Å²) in [6, 6.07) is 7.15. The summed E-state index contributed by atoms with van der Waals surface area (Å²) in [5, 5.41) is 16.6. The first-order chi connectivity index (χ1) is 15.7. The smallest absolute Gasteiger partial charge is 0.251 e. The monoisotopic (exact) mass is 476 g/mol. The lowest BCUT2D eigenvalue weighted by atomic mass is 10.0. The van der Waals surface area contributed by atoms with Gasteiger partial charge in [-0.05, 0) is 50.5 Å². The summed E-state index contributed by atoms with van der Waals surface area (Å²) in [5.74, 6) is -0.244. The molecule has 8 nitrogen and oxygen atoms in total. The molecule has 0 bridgehead atoms. The van der Waals surface area contributed by atoms with E-state index in [-0.39, 0.29) is 18.5 Å². The normalized spacial score (nSPS) is 21.5. The lowest BCUT2D eigenvalue weighted by molar-refractivity contribution is 0.0864. The Labute approximate surface area is 197 Å². The van der Waals surface area contributed by atoms with Crippen LogP contribution < -0.4 is 10.6 Å². The van der Waals surface area contributed by atoms with Crippen LogP contribution in [0.15, 0.2) is 47.6 Å². The van der Waals surface area contributed by atoms with E-state index in [9.17, 15) is 18.3 Å². The largest absolute Gasteiger partial charge is 0.390 e. The van der Waals surface area contributed by atoms with E-state index in [0.29, 0.717) is 25.2 Å². The highest BCUT2D eigenvalue weighted by molar-refractivity contribution is 7.88. The number of carbonyl (C=O) groups is 1. The third kappa shape index (κ3) is 7.40. The highest BCUT2D eigenvalue weighted by Gasteiger charge is 2.28. The Morgan fingerprint density at radius 1 is 1.33 bits per heavy atom. The second-order valence-electron chi connectivity index (χ2n) is 8.99. The first-order valence-electron chi connectivity index (χ1n) is 11.5. The molecule has 3 N–H and O–H groups in total. The zero-order chi connectivity index (χ0) is 24.0. The fourth-order valence-corrected chi connectivity index (χ4v) is 5.29. The van der Waals surface area contributed by atoms with E-state index in [2.05, 4.69) is 34.6 Å². The molecule has 3 rings (SSSR count). The van der Waals surface area contributed by atoms with Crippen molar-refractivity contribution in [1.29, 1.82) is 0 Å². The molecule has 0 aromatic heterocycles. The van der Waals surface area contributed by atoms with Gasteiger partial charge in [-0.15, -0.1) is 0 Å². The molecule has 0 aliphatic carbocycles. The number of nitrogens with one attached hydrogen (secondary N) is 2. The Balaban J connectivity index is 1.47. The van der Waals surface area contributed by atoms with Crippen molar-refractivity contribution < 1.29 is 18.3 Å². The average Bonchev–Trinajstić information content (AvgIpc) is 3.23. The van der Waals surface area contributed by atoms with Gasteiger partial charge in [-0.25, -0.2) is 12.7 Å². The number of anilines is 1. The molecule has 2 heterocycles. The Hall–Kier alpha value is -2.20. The number of benzene rings is 1. The van der Waals surface area contributed by atoms with Gasteiger partial charge < -0.3 is 15.7 Å². The number of hydrogen-bond acceptors (Lipinski definition) is 6. The quantitative estimate of drug-likeness (QED) is 0.503. The van der Waals surface area contributed by atoms with Crippen LogP contribution in [0.2, 0.25) is 0 Å². The number of carbonyl (C=O) groups excluding carboxylic acids is 1. The van der Waals surface area contributed by atoms with E-state index < -0.39 is 16.1 Å². The van der Waals surface area contributed by atoms with Crippen molar-refractivity contribution in [3.05, 3.63) is 53.1 Å². The highest BCUT2D eigenvalue weighted by atomic mass is 32.2. The van der Waals surface area contributed by atoms with Crippen LogP contribution in [0, 0.1) is 0 Å². The Morgan fingerprint density at radius 3 is 2.79 bits per heavy atom. The number of hydrogen-bond donors (Lipinski definition) is 3. The molecule has 1 fully saturated rings. The Kier molecular flexibility index (Phi) is 8.69. The number of amides is 1. The van der Waals surface area contributed by atoms with E-state index in [1.165, 1.54) is 21.7 Å². The molecule has 0 radical (unpaired) electrons. The molecule has 9 heteroatoms. The SMILES string of the molecule is C/C=C\C1=C(C)CN(CC(O)CNC(=O)c2cccc(NC3CCN(S(C)(=O)=O)C3)c2)CC1. The predicted octanol–water partition coefficient (Wildman–Crippen LogP) is 1.82. The molecule has 1 aromatic rings. The maximum Gasteiger partial charge on any atom is 0.251 e. The summed E-state index contributed by atoms with van der Waals surface area (Å²) in [4.78, 5) is 14.8. The third-order valence-electron chi connectivity index (χ3n) is 6.16. The molecule has 1 amide bonds. The van der Waals surface area contributed by atoms with Crippen LogP contribution in [0.1, 0.15) is 37.0 Å². The fraction of sp³-hybridized carbons (Fsp3) is 0.542. The van der Waals surface area contributed by atoms with E-state index >= 15 is 0 Å². The van der Waals surface area contributed by atoms with Crippen LogP contribution in [-0.2, 0) is 10.0 Å². The standard InChI is InChI=1S/C24H36N4O4S/c1-4-6-19-9-11-27(15-18(19)2)17-23(29)14-25-24(30)20-7-5-8-21(13-20)26-22-10-12-28(16-22)33(3,31)32/h4-8,13,22-23,26,29H,9-12,14-17H2,1-3H3,(H,25,30)/b6-4-. The first-order valence-corrected chi connectivity index (χ1v) is 13.3. The summed E-state index contributed by atoms with van der Waals surface area (Å²) in [6.45, 7) is 7.49. The topological polar surface area (TPSA) is 102 Å².